The molecule has 0 saturated carbocycles. The average molecular weight is 269 g/mol. The molecule has 0 aromatic heterocycles. The van der Waals surface area contributed by atoms with Crippen molar-refractivity contribution < 1.29 is 13.5 Å². The molecule has 1 aromatic carbocycles. The number of halogens is 2. The number of nitrogens with one attached hydrogen (secondary N) is 1. The second kappa shape index (κ2) is 5.87. The van der Waals surface area contributed by atoms with Gasteiger partial charge in [0.25, 0.3) is 5.92 Å². The molecule has 4 heteroatoms. The molecule has 2 rings (SSSR count). The van der Waals surface area contributed by atoms with Crippen LogP contribution < -0.4 is 10.1 Å². The van der Waals surface area contributed by atoms with Crippen LogP contribution in [0, 0.1) is 12.8 Å². The van der Waals surface area contributed by atoms with Crippen molar-refractivity contribution in [1.82, 2.24) is 5.32 Å². The molecule has 0 unspecified atom stereocenters. The van der Waals surface area contributed by atoms with E-state index in [1.807, 2.05) is 6.92 Å². The van der Waals surface area contributed by atoms with E-state index in [0.29, 0.717) is 0 Å². The summed E-state index contributed by atoms with van der Waals surface area (Å²) in [5.74, 6) is -2.45. The molecule has 1 heterocycles. The third-order valence-electron chi connectivity index (χ3n) is 3.75. The molecular formula is C15H21F2NO. The minimum Gasteiger partial charge on any atom is -0.496 e. The van der Waals surface area contributed by atoms with Gasteiger partial charge in [0.15, 0.2) is 0 Å². The fourth-order valence-electron chi connectivity index (χ4n) is 2.67. The maximum absolute atomic E-state index is 14.5. The van der Waals surface area contributed by atoms with E-state index in [1.165, 1.54) is 7.11 Å². The maximum atomic E-state index is 14.5. The molecule has 1 saturated heterocycles. The lowest BCUT2D eigenvalue weighted by molar-refractivity contribution is -0.0344. The van der Waals surface area contributed by atoms with Crippen LogP contribution in [0.4, 0.5) is 8.78 Å². The summed E-state index contributed by atoms with van der Waals surface area (Å²) in [5, 5.41) is 3.20. The molecule has 19 heavy (non-hydrogen) atoms. The van der Waals surface area contributed by atoms with Gasteiger partial charge in [-0.3, -0.25) is 0 Å². The van der Waals surface area contributed by atoms with Crippen molar-refractivity contribution in [2.75, 3.05) is 20.2 Å². The number of ether oxygens (including phenoxy) is 1. The fourth-order valence-corrected chi connectivity index (χ4v) is 2.67. The molecular weight excluding hydrogens is 248 g/mol. The first-order chi connectivity index (χ1) is 9.03. The SMILES string of the molecule is COc1ccc(C)cc1C(F)(F)CC1CCNCC1. The van der Waals surface area contributed by atoms with Gasteiger partial charge in [-0.25, -0.2) is 8.78 Å². The van der Waals surface area contributed by atoms with E-state index < -0.39 is 5.92 Å². The number of methoxy groups -OCH3 is 1. The number of piperidine rings is 1. The van der Waals surface area contributed by atoms with E-state index in [2.05, 4.69) is 5.32 Å². The van der Waals surface area contributed by atoms with Crippen LogP contribution in [0.25, 0.3) is 0 Å². The minimum atomic E-state index is -2.82. The molecule has 1 aliphatic heterocycles. The fraction of sp³-hybridized carbons (Fsp3) is 0.600. The van der Waals surface area contributed by atoms with E-state index >= 15 is 0 Å². The van der Waals surface area contributed by atoms with Crippen molar-refractivity contribution in [2.45, 2.75) is 32.1 Å². The summed E-state index contributed by atoms with van der Waals surface area (Å²) >= 11 is 0. The van der Waals surface area contributed by atoms with Crippen LogP contribution in [0.5, 0.6) is 5.75 Å². The van der Waals surface area contributed by atoms with E-state index in [4.69, 9.17) is 4.74 Å². The van der Waals surface area contributed by atoms with Crippen LogP contribution in [0.1, 0.15) is 30.4 Å². The van der Waals surface area contributed by atoms with E-state index in [1.54, 1.807) is 18.2 Å². The van der Waals surface area contributed by atoms with Crippen molar-refractivity contribution in [3.05, 3.63) is 29.3 Å². The number of rotatable bonds is 4. The number of aryl methyl sites for hydroxylation is 1. The average Bonchev–Trinajstić information content (AvgIpc) is 2.39. The smallest absolute Gasteiger partial charge is 0.277 e. The first-order valence-corrected chi connectivity index (χ1v) is 6.76. The quantitative estimate of drug-likeness (QED) is 0.903. The molecule has 2 nitrogen and oxygen atoms in total. The number of hydrogen-bond donors (Lipinski definition) is 1. The van der Waals surface area contributed by atoms with Crippen molar-refractivity contribution in [1.29, 1.82) is 0 Å². The normalized spacial score (nSPS) is 17.5. The zero-order valence-electron chi connectivity index (χ0n) is 11.5. The monoisotopic (exact) mass is 269 g/mol. The third kappa shape index (κ3) is 3.44. The Kier molecular flexibility index (Phi) is 4.40. The van der Waals surface area contributed by atoms with Crippen LogP contribution in [-0.2, 0) is 5.92 Å². The van der Waals surface area contributed by atoms with Gasteiger partial charge in [-0.1, -0.05) is 11.6 Å². The summed E-state index contributed by atoms with van der Waals surface area (Å²) in [7, 11) is 1.44. The predicted octanol–water partition coefficient (Wildman–Crippen LogP) is 3.49. The summed E-state index contributed by atoms with van der Waals surface area (Å²) in [5.41, 5.74) is 0.856. The topological polar surface area (TPSA) is 21.3 Å². The lowest BCUT2D eigenvalue weighted by Gasteiger charge is -2.28. The zero-order chi connectivity index (χ0) is 13.9. The van der Waals surface area contributed by atoms with Crippen LogP contribution in [0.3, 0.4) is 0 Å². The number of benzene rings is 1. The van der Waals surface area contributed by atoms with Crippen LogP contribution >= 0.6 is 0 Å². The summed E-state index contributed by atoms with van der Waals surface area (Å²) in [6.45, 7) is 3.50. The molecule has 0 radical (unpaired) electrons. The first-order valence-electron chi connectivity index (χ1n) is 6.76. The highest BCUT2D eigenvalue weighted by molar-refractivity contribution is 5.39. The summed E-state index contributed by atoms with van der Waals surface area (Å²) in [4.78, 5) is 0. The standard InChI is InChI=1S/C15H21F2NO/c1-11-3-4-14(19-2)13(9-11)15(16,17)10-12-5-7-18-8-6-12/h3-4,9,12,18H,5-8,10H2,1-2H3. The lowest BCUT2D eigenvalue weighted by Crippen LogP contribution is -2.31. The molecule has 1 aromatic rings. The lowest BCUT2D eigenvalue weighted by atomic mass is 9.88. The third-order valence-corrected chi connectivity index (χ3v) is 3.75. The van der Waals surface area contributed by atoms with Gasteiger partial charge in [0.1, 0.15) is 5.75 Å². The Morgan fingerprint density at radius 2 is 2.00 bits per heavy atom. The van der Waals surface area contributed by atoms with Crippen molar-refractivity contribution in [3.8, 4) is 5.75 Å². The van der Waals surface area contributed by atoms with Crippen molar-refractivity contribution in [3.63, 3.8) is 0 Å². The molecule has 1 aliphatic rings. The van der Waals surface area contributed by atoms with Crippen molar-refractivity contribution >= 4 is 0 Å². The highest BCUT2D eigenvalue weighted by Crippen LogP contribution is 2.41. The highest BCUT2D eigenvalue weighted by Gasteiger charge is 2.37. The molecule has 0 atom stereocenters. The molecule has 1 fully saturated rings. The van der Waals surface area contributed by atoms with Gasteiger partial charge >= 0.3 is 0 Å². The Labute approximate surface area is 113 Å². The Balaban J connectivity index is 2.19. The minimum absolute atomic E-state index is 0.0218. The molecule has 0 bridgehead atoms. The highest BCUT2D eigenvalue weighted by atomic mass is 19.3. The van der Waals surface area contributed by atoms with Crippen LogP contribution in [0.2, 0.25) is 0 Å². The Hall–Kier alpha value is -1.16. The van der Waals surface area contributed by atoms with Crippen LogP contribution in [-0.4, -0.2) is 20.2 Å². The van der Waals surface area contributed by atoms with E-state index in [9.17, 15) is 8.78 Å². The Morgan fingerprint density at radius 3 is 2.63 bits per heavy atom. The van der Waals surface area contributed by atoms with E-state index in [0.717, 1.165) is 31.5 Å². The van der Waals surface area contributed by atoms with Gasteiger partial charge in [0.2, 0.25) is 0 Å². The van der Waals surface area contributed by atoms with E-state index in [-0.39, 0.29) is 23.7 Å². The van der Waals surface area contributed by atoms with Crippen molar-refractivity contribution in [2.24, 2.45) is 5.92 Å². The Bertz CT molecular complexity index is 428. The van der Waals surface area contributed by atoms with Crippen LogP contribution in [0.15, 0.2) is 18.2 Å². The van der Waals surface area contributed by atoms with Gasteiger partial charge < -0.3 is 10.1 Å². The summed E-state index contributed by atoms with van der Waals surface area (Å²) in [6, 6.07) is 4.96. The molecule has 106 valence electrons. The molecule has 1 N–H and O–H groups in total. The zero-order valence-corrected chi connectivity index (χ0v) is 11.5. The molecule has 0 amide bonds. The van der Waals surface area contributed by atoms with Gasteiger partial charge in [0, 0.05) is 6.42 Å². The number of alkyl halides is 2. The summed E-state index contributed by atoms with van der Waals surface area (Å²) in [6.07, 6.45) is 1.56. The second-order valence-electron chi connectivity index (χ2n) is 5.31. The molecule has 0 aliphatic carbocycles. The maximum Gasteiger partial charge on any atom is 0.277 e. The number of hydrogen-bond acceptors (Lipinski definition) is 2. The van der Waals surface area contributed by atoms with Gasteiger partial charge in [-0.05, 0) is 50.9 Å². The first kappa shape index (κ1) is 14.3. The largest absolute Gasteiger partial charge is 0.496 e. The van der Waals surface area contributed by atoms with Gasteiger partial charge in [-0.15, -0.1) is 0 Å². The van der Waals surface area contributed by atoms with Gasteiger partial charge in [0.05, 0.1) is 12.7 Å². The Morgan fingerprint density at radius 1 is 1.32 bits per heavy atom. The predicted molar refractivity (Wildman–Crippen MR) is 71.8 cm³/mol. The summed E-state index contributed by atoms with van der Waals surface area (Å²) < 4.78 is 34.0. The van der Waals surface area contributed by atoms with Gasteiger partial charge in [-0.2, -0.15) is 0 Å². The molecule has 0 spiro atoms. The second-order valence-corrected chi connectivity index (χ2v) is 5.31.